The Bertz CT molecular complexity index is 808. The molecule has 0 aliphatic carbocycles. The van der Waals surface area contributed by atoms with Crippen molar-refractivity contribution in [1.29, 1.82) is 5.26 Å². The van der Waals surface area contributed by atoms with Crippen molar-refractivity contribution in [3.05, 3.63) is 35.4 Å². The summed E-state index contributed by atoms with van der Waals surface area (Å²) in [6, 6.07) is 8.34. The van der Waals surface area contributed by atoms with E-state index < -0.39 is 21.7 Å². The number of rotatable bonds is 3. The molecule has 1 aromatic carbocycles. The molecule has 0 saturated carbocycles. The summed E-state index contributed by atoms with van der Waals surface area (Å²) in [4.78, 5) is 13.7. The monoisotopic (exact) mass is 379 g/mol. The summed E-state index contributed by atoms with van der Waals surface area (Å²) in [6.45, 7) is 7.90. The van der Waals surface area contributed by atoms with Gasteiger partial charge < -0.3 is 9.64 Å². The number of ether oxygens (including phenoxy) is 1. The Balaban J connectivity index is 2.08. The number of carbonyl (C=O) groups excluding carboxylic acids is 1. The van der Waals surface area contributed by atoms with E-state index in [1.54, 1.807) is 52.0 Å². The van der Waals surface area contributed by atoms with Gasteiger partial charge in [0.05, 0.1) is 17.4 Å². The number of carbonyl (C=O) groups is 1. The molecule has 1 aromatic rings. The van der Waals surface area contributed by atoms with Crippen molar-refractivity contribution in [2.75, 3.05) is 19.6 Å². The Morgan fingerprint density at radius 3 is 2.54 bits per heavy atom. The highest BCUT2D eigenvalue weighted by atomic mass is 32.2. The lowest BCUT2D eigenvalue weighted by atomic mass is 10.1. The molecule has 0 bridgehead atoms. The number of amides is 1. The number of piperazine rings is 1. The normalized spacial score (nSPS) is 19.0. The van der Waals surface area contributed by atoms with E-state index in [1.165, 1.54) is 9.21 Å². The summed E-state index contributed by atoms with van der Waals surface area (Å²) in [5, 5.41) is 9.15. The van der Waals surface area contributed by atoms with Crippen LogP contribution in [0, 0.1) is 11.3 Å². The second-order valence-electron chi connectivity index (χ2n) is 7.41. The summed E-state index contributed by atoms with van der Waals surface area (Å²) in [5.74, 6) is -0.229. The third-order valence-electron chi connectivity index (χ3n) is 4.05. The summed E-state index contributed by atoms with van der Waals surface area (Å²) < 4.78 is 32.4. The fourth-order valence-corrected chi connectivity index (χ4v) is 4.67. The van der Waals surface area contributed by atoms with Gasteiger partial charge >= 0.3 is 6.09 Å². The van der Waals surface area contributed by atoms with Gasteiger partial charge in [0.15, 0.2) is 0 Å². The van der Waals surface area contributed by atoms with E-state index in [4.69, 9.17) is 10.00 Å². The van der Waals surface area contributed by atoms with Crippen molar-refractivity contribution in [2.45, 2.75) is 45.1 Å². The summed E-state index contributed by atoms with van der Waals surface area (Å²) in [6.07, 6.45) is -0.434. The molecule has 0 aromatic heterocycles. The first-order valence-electron chi connectivity index (χ1n) is 8.49. The van der Waals surface area contributed by atoms with Crippen LogP contribution in [0.25, 0.3) is 0 Å². The lowest BCUT2D eigenvalue weighted by molar-refractivity contribution is 0.0143. The largest absolute Gasteiger partial charge is 0.444 e. The Morgan fingerprint density at radius 1 is 1.31 bits per heavy atom. The maximum atomic E-state index is 12.8. The van der Waals surface area contributed by atoms with Gasteiger partial charge in [0.2, 0.25) is 10.0 Å². The summed E-state index contributed by atoms with van der Waals surface area (Å²) in [5.41, 5.74) is 0.248. The molecule has 0 N–H and O–H groups in total. The van der Waals surface area contributed by atoms with E-state index in [2.05, 4.69) is 0 Å². The van der Waals surface area contributed by atoms with Crippen LogP contribution in [0.4, 0.5) is 4.79 Å². The van der Waals surface area contributed by atoms with Gasteiger partial charge in [-0.25, -0.2) is 13.2 Å². The van der Waals surface area contributed by atoms with Crippen molar-refractivity contribution in [3.8, 4) is 6.07 Å². The first-order chi connectivity index (χ1) is 12.0. The van der Waals surface area contributed by atoms with Crippen molar-refractivity contribution < 1.29 is 17.9 Å². The van der Waals surface area contributed by atoms with Crippen LogP contribution in [-0.2, 0) is 20.5 Å². The zero-order valence-corrected chi connectivity index (χ0v) is 16.4. The molecular weight excluding hydrogens is 354 g/mol. The molecular formula is C18H25N3O4S. The molecule has 142 valence electrons. The lowest BCUT2D eigenvalue weighted by Crippen LogP contribution is -2.56. The van der Waals surface area contributed by atoms with E-state index >= 15 is 0 Å². The van der Waals surface area contributed by atoms with Crippen LogP contribution in [0.1, 0.15) is 38.8 Å². The van der Waals surface area contributed by atoms with Gasteiger partial charge in [-0.2, -0.15) is 9.57 Å². The zero-order valence-electron chi connectivity index (χ0n) is 15.6. The van der Waals surface area contributed by atoms with Gasteiger partial charge in [0.25, 0.3) is 0 Å². The van der Waals surface area contributed by atoms with Crippen LogP contribution in [-0.4, -0.2) is 55.0 Å². The first kappa shape index (κ1) is 20.2. The summed E-state index contributed by atoms with van der Waals surface area (Å²) in [7, 11) is -3.60. The highest BCUT2D eigenvalue weighted by molar-refractivity contribution is 7.88. The number of benzene rings is 1. The number of nitriles is 1. The van der Waals surface area contributed by atoms with Crippen LogP contribution >= 0.6 is 0 Å². The fraction of sp³-hybridized carbons (Fsp3) is 0.556. The minimum absolute atomic E-state index is 0.206. The summed E-state index contributed by atoms with van der Waals surface area (Å²) >= 11 is 0. The number of hydrogen-bond donors (Lipinski definition) is 0. The number of nitrogens with zero attached hydrogens (tertiary/aromatic N) is 3. The predicted octanol–water partition coefficient (Wildman–Crippen LogP) is 2.33. The molecule has 1 fully saturated rings. The maximum absolute atomic E-state index is 12.8. The van der Waals surface area contributed by atoms with Crippen molar-refractivity contribution in [3.63, 3.8) is 0 Å². The van der Waals surface area contributed by atoms with Gasteiger partial charge in [-0.15, -0.1) is 0 Å². The van der Waals surface area contributed by atoms with E-state index in [-0.39, 0.29) is 31.4 Å². The zero-order chi connectivity index (χ0) is 19.5. The van der Waals surface area contributed by atoms with Gasteiger partial charge in [0, 0.05) is 25.7 Å². The third kappa shape index (κ3) is 4.96. The molecule has 8 heteroatoms. The third-order valence-corrected chi connectivity index (χ3v) is 5.98. The standard InChI is InChI=1S/C18H25N3O4S/c1-14-12-20(17(22)25-18(2,3)4)9-10-21(14)26(23,24)13-16-8-6-5-7-15(16)11-19/h5-8,14H,9-10,12-13H2,1-4H3/t14-/m1/s1. The lowest BCUT2D eigenvalue weighted by Gasteiger charge is -2.39. The molecule has 0 spiro atoms. The Hall–Kier alpha value is -2.11. The van der Waals surface area contributed by atoms with Gasteiger partial charge in [-0.3, -0.25) is 0 Å². The predicted molar refractivity (Wildman–Crippen MR) is 97.8 cm³/mol. The van der Waals surface area contributed by atoms with Crippen LogP contribution in [0.15, 0.2) is 24.3 Å². The van der Waals surface area contributed by atoms with Crippen LogP contribution in [0.5, 0.6) is 0 Å². The highest BCUT2D eigenvalue weighted by Gasteiger charge is 2.35. The molecule has 1 aliphatic rings. The maximum Gasteiger partial charge on any atom is 0.410 e. The molecule has 1 amide bonds. The van der Waals surface area contributed by atoms with Crippen LogP contribution < -0.4 is 0 Å². The minimum Gasteiger partial charge on any atom is -0.444 e. The van der Waals surface area contributed by atoms with E-state index in [1.807, 2.05) is 6.07 Å². The first-order valence-corrected chi connectivity index (χ1v) is 10.1. The van der Waals surface area contributed by atoms with Crippen LogP contribution in [0.3, 0.4) is 0 Å². The smallest absolute Gasteiger partial charge is 0.410 e. The molecule has 1 aliphatic heterocycles. The number of hydrogen-bond acceptors (Lipinski definition) is 5. The Kier molecular flexibility index (Phi) is 5.94. The average molecular weight is 379 g/mol. The van der Waals surface area contributed by atoms with E-state index in [0.717, 1.165) is 0 Å². The van der Waals surface area contributed by atoms with Crippen LogP contribution in [0.2, 0.25) is 0 Å². The molecule has 0 unspecified atom stereocenters. The van der Waals surface area contributed by atoms with Crippen molar-refractivity contribution >= 4 is 16.1 Å². The van der Waals surface area contributed by atoms with Crippen molar-refractivity contribution in [1.82, 2.24) is 9.21 Å². The molecule has 1 atom stereocenters. The molecule has 0 radical (unpaired) electrons. The molecule has 7 nitrogen and oxygen atoms in total. The van der Waals surface area contributed by atoms with Gasteiger partial charge in [0.1, 0.15) is 5.60 Å². The van der Waals surface area contributed by atoms with Gasteiger partial charge in [-0.05, 0) is 39.3 Å². The minimum atomic E-state index is -3.60. The SMILES string of the molecule is C[C@@H]1CN(C(=O)OC(C)(C)C)CCN1S(=O)(=O)Cc1ccccc1C#N. The van der Waals surface area contributed by atoms with Crippen molar-refractivity contribution in [2.24, 2.45) is 0 Å². The highest BCUT2D eigenvalue weighted by Crippen LogP contribution is 2.21. The molecule has 26 heavy (non-hydrogen) atoms. The van der Waals surface area contributed by atoms with Gasteiger partial charge in [-0.1, -0.05) is 18.2 Å². The van der Waals surface area contributed by atoms with E-state index in [9.17, 15) is 13.2 Å². The van der Waals surface area contributed by atoms with E-state index in [0.29, 0.717) is 11.1 Å². The second kappa shape index (κ2) is 7.64. The Morgan fingerprint density at radius 2 is 1.96 bits per heavy atom. The average Bonchev–Trinajstić information content (AvgIpc) is 2.53. The molecule has 1 heterocycles. The fourth-order valence-electron chi connectivity index (χ4n) is 2.88. The molecule has 1 saturated heterocycles. The quantitative estimate of drug-likeness (QED) is 0.804. The second-order valence-corrected chi connectivity index (χ2v) is 9.33. The topological polar surface area (TPSA) is 90.7 Å². The number of sulfonamides is 1. The Labute approximate surface area is 155 Å². The molecule has 2 rings (SSSR count).